The van der Waals surface area contributed by atoms with Crippen molar-refractivity contribution in [2.75, 3.05) is 19.7 Å². The summed E-state index contributed by atoms with van der Waals surface area (Å²) in [5, 5.41) is 11.9. The highest BCUT2D eigenvalue weighted by Crippen LogP contribution is 2.32. The van der Waals surface area contributed by atoms with E-state index in [0.717, 1.165) is 44.0 Å². The fourth-order valence-corrected chi connectivity index (χ4v) is 3.37. The molecule has 2 aromatic rings. The molecule has 0 radical (unpaired) electrons. The van der Waals surface area contributed by atoms with E-state index in [9.17, 15) is 0 Å². The van der Waals surface area contributed by atoms with Crippen LogP contribution in [0.4, 0.5) is 0 Å². The Labute approximate surface area is 137 Å². The van der Waals surface area contributed by atoms with Gasteiger partial charge < -0.3 is 14.6 Å². The highest BCUT2D eigenvalue weighted by atomic mass is 16.5. The Balaban J connectivity index is 1.52. The summed E-state index contributed by atoms with van der Waals surface area (Å²) < 4.78 is 13.1. The monoisotopic (exact) mass is 318 g/mol. The smallest absolute Gasteiger partial charge is 0.137 e. The first-order chi connectivity index (χ1) is 11.1. The average Bonchev–Trinajstić information content (AvgIpc) is 3.11. The SMILES string of the molecule is Cc1noc(C)c1CCNC[C@@H]1CCCO[C@H]1c1cnn(C)c1. The summed E-state index contributed by atoms with van der Waals surface area (Å²) in [6.45, 7) is 6.71. The number of hydrogen-bond acceptors (Lipinski definition) is 5. The molecule has 6 heteroatoms. The number of nitrogens with zero attached hydrogens (tertiary/aromatic N) is 3. The zero-order valence-electron chi connectivity index (χ0n) is 14.2. The van der Waals surface area contributed by atoms with E-state index in [1.54, 1.807) is 0 Å². The topological polar surface area (TPSA) is 65.1 Å². The Morgan fingerprint density at radius 3 is 2.96 bits per heavy atom. The van der Waals surface area contributed by atoms with Crippen LogP contribution >= 0.6 is 0 Å². The van der Waals surface area contributed by atoms with Gasteiger partial charge >= 0.3 is 0 Å². The fraction of sp³-hybridized carbons (Fsp3) is 0.647. The number of aromatic nitrogens is 3. The number of nitrogens with one attached hydrogen (secondary N) is 1. The van der Waals surface area contributed by atoms with Gasteiger partial charge in [0.25, 0.3) is 0 Å². The molecule has 0 unspecified atom stereocenters. The van der Waals surface area contributed by atoms with Crippen LogP contribution in [-0.2, 0) is 18.2 Å². The second-order valence-corrected chi connectivity index (χ2v) is 6.40. The normalized spacial score (nSPS) is 21.7. The van der Waals surface area contributed by atoms with E-state index in [2.05, 4.69) is 21.8 Å². The molecule has 3 rings (SSSR count). The molecule has 1 aliphatic heterocycles. The van der Waals surface area contributed by atoms with Gasteiger partial charge in [-0.2, -0.15) is 5.10 Å². The van der Waals surface area contributed by atoms with E-state index in [1.807, 2.05) is 31.8 Å². The first kappa shape index (κ1) is 16.2. The molecule has 23 heavy (non-hydrogen) atoms. The number of aryl methyl sites for hydroxylation is 3. The van der Waals surface area contributed by atoms with Crippen molar-refractivity contribution in [1.82, 2.24) is 20.3 Å². The predicted octanol–water partition coefficient (Wildman–Crippen LogP) is 2.32. The van der Waals surface area contributed by atoms with Gasteiger partial charge in [0.05, 0.1) is 18.0 Å². The van der Waals surface area contributed by atoms with Crippen molar-refractivity contribution in [3.63, 3.8) is 0 Å². The molecule has 1 fully saturated rings. The van der Waals surface area contributed by atoms with Gasteiger partial charge in [0.1, 0.15) is 5.76 Å². The van der Waals surface area contributed by atoms with E-state index < -0.39 is 0 Å². The lowest BCUT2D eigenvalue weighted by atomic mass is 9.91. The van der Waals surface area contributed by atoms with Gasteiger partial charge in [-0.05, 0) is 39.7 Å². The van der Waals surface area contributed by atoms with Crippen LogP contribution in [0.5, 0.6) is 0 Å². The highest BCUT2D eigenvalue weighted by Gasteiger charge is 2.28. The zero-order chi connectivity index (χ0) is 16.2. The van der Waals surface area contributed by atoms with Crippen molar-refractivity contribution in [3.05, 3.63) is 35.0 Å². The lowest BCUT2D eigenvalue weighted by Crippen LogP contribution is -2.32. The lowest BCUT2D eigenvalue weighted by molar-refractivity contribution is -0.0277. The Morgan fingerprint density at radius 2 is 2.26 bits per heavy atom. The predicted molar refractivity (Wildman–Crippen MR) is 87.2 cm³/mol. The highest BCUT2D eigenvalue weighted by molar-refractivity contribution is 5.21. The molecule has 1 N–H and O–H groups in total. The van der Waals surface area contributed by atoms with E-state index in [0.29, 0.717) is 5.92 Å². The Hall–Kier alpha value is -1.66. The second kappa shape index (κ2) is 7.27. The third-order valence-corrected chi connectivity index (χ3v) is 4.64. The Kier molecular flexibility index (Phi) is 5.13. The molecule has 3 heterocycles. The molecule has 0 aromatic carbocycles. The second-order valence-electron chi connectivity index (χ2n) is 6.40. The van der Waals surface area contributed by atoms with Crippen LogP contribution in [0.2, 0.25) is 0 Å². The first-order valence-electron chi connectivity index (χ1n) is 8.37. The third kappa shape index (κ3) is 3.82. The van der Waals surface area contributed by atoms with E-state index in [1.165, 1.54) is 17.5 Å². The lowest BCUT2D eigenvalue weighted by Gasteiger charge is -2.31. The molecule has 0 amide bonds. The molecule has 0 spiro atoms. The average molecular weight is 318 g/mol. The Morgan fingerprint density at radius 1 is 1.39 bits per heavy atom. The molecule has 1 saturated heterocycles. The van der Waals surface area contributed by atoms with Crippen LogP contribution in [0, 0.1) is 19.8 Å². The maximum Gasteiger partial charge on any atom is 0.137 e. The van der Waals surface area contributed by atoms with Gasteiger partial charge in [0.2, 0.25) is 0 Å². The van der Waals surface area contributed by atoms with Crippen LogP contribution in [-0.4, -0.2) is 34.6 Å². The van der Waals surface area contributed by atoms with Crippen molar-refractivity contribution >= 4 is 0 Å². The van der Waals surface area contributed by atoms with E-state index in [-0.39, 0.29) is 6.10 Å². The molecule has 126 valence electrons. The molecular formula is C17H26N4O2. The molecule has 0 bridgehead atoms. The maximum absolute atomic E-state index is 6.01. The summed E-state index contributed by atoms with van der Waals surface area (Å²) in [5.74, 6) is 1.43. The van der Waals surface area contributed by atoms with E-state index in [4.69, 9.17) is 9.26 Å². The molecule has 2 atom stereocenters. The van der Waals surface area contributed by atoms with Gasteiger partial charge in [-0.25, -0.2) is 0 Å². The molecule has 0 aliphatic carbocycles. The molecular weight excluding hydrogens is 292 g/mol. The first-order valence-corrected chi connectivity index (χ1v) is 8.37. The van der Waals surface area contributed by atoms with Crippen LogP contribution in [0.25, 0.3) is 0 Å². The third-order valence-electron chi connectivity index (χ3n) is 4.64. The zero-order valence-corrected chi connectivity index (χ0v) is 14.2. The minimum Gasteiger partial charge on any atom is -0.373 e. The summed E-state index contributed by atoms with van der Waals surface area (Å²) in [6, 6.07) is 0. The van der Waals surface area contributed by atoms with Crippen molar-refractivity contribution in [2.24, 2.45) is 13.0 Å². The summed E-state index contributed by atoms with van der Waals surface area (Å²) in [6.07, 6.45) is 7.42. The molecule has 0 saturated carbocycles. The summed E-state index contributed by atoms with van der Waals surface area (Å²) >= 11 is 0. The molecule has 6 nitrogen and oxygen atoms in total. The standard InChI is InChI=1S/C17H26N4O2/c1-12-16(13(2)23-20-12)6-7-18-9-14-5-4-8-22-17(14)15-10-19-21(3)11-15/h10-11,14,17-18H,4-9H2,1-3H3/t14-,17+/m0/s1. The van der Waals surface area contributed by atoms with Gasteiger partial charge in [-0.1, -0.05) is 5.16 Å². The minimum absolute atomic E-state index is 0.156. The van der Waals surface area contributed by atoms with Crippen molar-refractivity contribution in [1.29, 1.82) is 0 Å². The van der Waals surface area contributed by atoms with Crippen LogP contribution in [0.1, 0.15) is 41.5 Å². The van der Waals surface area contributed by atoms with Crippen LogP contribution < -0.4 is 5.32 Å². The minimum atomic E-state index is 0.156. The van der Waals surface area contributed by atoms with Crippen LogP contribution in [0.15, 0.2) is 16.9 Å². The van der Waals surface area contributed by atoms with Crippen molar-refractivity contribution in [2.45, 2.75) is 39.2 Å². The fourth-order valence-electron chi connectivity index (χ4n) is 3.37. The molecule has 1 aliphatic rings. The van der Waals surface area contributed by atoms with E-state index >= 15 is 0 Å². The summed E-state index contributed by atoms with van der Waals surface area (Å²) in [5.41, 5.74) is 3.41. The van der Waals surface area contributed by atoms with Crippen molar-refractivity contribution < 1.29 is 9.26 Å². The Bertz CT molecular complexity index is 615. The largest absolute Gasteiger partial charge is 0.373 e. The molecule has 2 aromatic heterocycles. The summed E-state index contributed by atoms with van der Waals surface area (Å²) in [4.78, 5) is 0. The van der Waals surface area contributed by atoms with Gasteiger partial charge in [-0.3, -0.25) is 4.68 Å². The number of hydrogen-bond donors (Lipinski definition) is 1. The van der Waals surface area contributed by atoms with Crippen molar-refractivity contribution in [3.8, 4) is 0 Å². The number of ether oxygens (including phenoxy) is 1. The summed E-state index contributed by atoms with van der Waals surface area (Å²) in [7, 11) is 1.95. The number of rotatable bonds is 6. The van der Waals surface area contributed by atoms with Gasteiger partial charge in [0, 0.05) is 43.4 Å². The maximum atomic E-state index is 6.01. The quantitative estimate of drug-likeness (QED) is 0.828. The van der Waals surface area contributed by atoms with Crippen LogP contribution in [0.3, 0.4) is 0 Å². The van der Waals surface area contributed by atoms with Gasteiger partial charge in [-0.15, -0.1) is 0 Å². The van der Waals surface area contributed by atoms with Gasteiger partial charge in [0.15, 0.2) is 0 Å².